The van der Waals surface area contributed by atoms with E-state index in [1.54, 1.807) is 0 Å². The van der Waals surface area contributed by atoms with Gasteiger partial charge in [-0.05, 0) is 54.2 Å². The monoisotopic (exact) mass is 393 g/mol. The number of nitrogens with one attached hydrogen (secondary N) is 1. The van der Waals surface area contributed by atoms with Crippen LogP contribution in [0.25, 0.3) is 0 Å². The molecule has 0 radical (unpaired) electrons. The van der Waals surface area contributed by atoms with E-state index in [9.17, 15) is 4.79 Å². The molecule has 0 saturated heterocycles. The summed E-state index contributed by atoms with van der Waals surface area (Å²) >= 11 is 4.12. The van der Waals surface area contributed by atoms with Gasteiger partial charge in [-0.25, -0.2) is 0 Å². The Balaban J connectivity index is 2.21. The van der Waals surface area contributed by atoms with Crippen LogP contribution in [0.1, 0.15) is 32.1 Å². The minimum Gasteiger partial charge on any atom is -0.288 e. The van der Waals surface area contributed by atoms with Crippen LogP contribution in [0.5, 0.6) is 0 Å². The fraction of sp³-hybridized carbons (Fsp3) is 0.875. The average molecular weight is 393 g/mol. The van der Waals surface area contributed by atoms with Crippen molar-refractivity contribution >= 4 is 49.2 Å². The van der Waals surface area contributed by atoms with Gasteiger partial charge < -0.3 is 0 Å². The van der Waals surface area contributed by atoms with Gasteiger partial charge in [0.05, 0.1) is 0 Å². The van der Waals surface area contributed by atoms with E-state index in [1.807, 2.05) is 22.6 Å². The molecule has 0 aromatic heterocycles. The largest absolute Gasteiger partial charge is 0.288 e. The maximum Gasteiger partial charge on any atom is 0.192 e. The summed E-state index contributed by atoms with van der Waals surface area (Å²) < 4.78 is 3.58. The number of carbonyl (C=O) groups excluding carboxylic acids is 1. The molecule has 0 aromatic carbocycles. The van der Waals surface area contributed by atoms with Crippen molar-refractivity contribution in [2.45, 2.75) is 38.1 Å². The third kappa shape index (κ3) is 3.87. The topological polar surface area (TPSA) is 29.1 Å². The number of hydrogen-bond acceptors (Lipinski definition) is 2. The lowest BCUT2D eigenvalue weighted by atomic mass is 9.85. The second-order valence-corrected chi connectivity index (χ2v) is 5.21. The van der Waals surface area contributed by atoms with E-state index < -0.39 is 0 Å². The van der Waals surface area contributed by atoms with Crippen LogP contribution in [-0.2, 0) is 4.79 Å². The zero-order chi connectivity index (χ0) is 8.97. The summed E-state index contributed by atoms with van der Waals surface area (Å²) in [6, 6.07) is 0.686. The van der Waals surface area contributed by atoms with Crippen LogP contribution < -0.4 is 3.53 Å². The molecule has 1 saturated carbocycles. The second kappa shape index (κ2) is 5.74. The van der Waals surface area contributed by atoms with Crippen LogP contribution in [-0.4, -0.2) is 9.83 Å². The van der Waals surface area contributed by atoms with Gasteiger partial charge in [0.2, 0.25) is 0 Å². The van der Waals surface area contributed by atoms with E-state index in [0.717, 1.165) is 6.42 Å². The quantitative estimate of drug-likeness (QED) is 0.454. The van der Waals surface area contributed by atoms with Gasteiger partial charge in [0.1, 0.15) is 0 Å². The number of halogens is 2. The molecule has 1 aliphatic carbocycles. The Kier molecular flexibility index (Phi) is 5.34. The Morgan fingerprint density at radius 3 is 2.33 bits per heavy atom. The molecule has 70 valence electrons. The predicted octanol–water partition coefficient (Wildman–Crippen LogP) is 2.84. The van der Waals surface area contributed by atoms with Crippen molar-refractivity contribution in [3.05, 3.63) is 0 Å². The van der Waals surface area contributed by atoms with Crippen LogP contribution in [0.2, 0.25) is 0 Å². The molecular formula is C8H13I2NO. The van der Waals surface area contributed by atoms with E-state index in [4.69, 9.17) is 0 Å². The summed E-state index contributed by atoms with van der Waals surface area (Å²) in [6.07, 6.45) is 5.69. The third-order valence-electron chi connectivity index (χ3n) is 2.45. The number of rotatable bonds is 3. The molecule has 0 spiro atoms. The van der Waals surface area contributed by atoms with Crippen molar-refractivity contribution in [2.24, 2.45) is 5.92 Å². The van der Waals surface area contributed by atoms with Crippen molar-refractivity contribution in [1.29, 1.82) is 0 Å². The molecule has 0 aliphatic heterocycles. The van der Waals surface area contributed by atoms with Gasteiger partial charge in [0.25, 0.3) is 0 Å². The van der Waals surface area contributed by atoms with E-state index in [1.165, 1.54) is 25.7 Å². The Morgan fingerprint density at radius 1 is 1.33 bits per heavy atom. The molecule has 0 bridgehead atoms. The highest BCUT2D eigenvalue weighted by molar-refractivity contribution is 14.1. The highest BCUT2D eigenvalue weighted by Gasteiger charge is 2.21. The van der Waals surface area contributed by atoms with Crippen LogP contribution in [0.3, 0.4) is 0 Å². The van der Waals surface area contributed by atoms with Crippen LogP contribution >= 0.6 is 45.5 Å². The highest BCUT2D eigenvalue weighted by atomic mass is 127. The predicted molar refractivity (Wildman–Crippen MR) is 66.5 cm³/mol. The summed E-state index contributed by atoms with van der Waals surface area (Å²) in [5.41, 5.74) is 0. The summed E-state index contributed by atoms with van der Waals surface area (Å²) in [6.45, 7) is 0. The molecule has 0 unspecified atom stereocenters. The zero-order valence-corrected chi connectivity index (χ0v) is 11.2. The molecule has 4 heteroatoms. The third-order valence-corrected chi connectivity index (χ3v) is 3.77. The molecule has 1 N–H and O–H groups in total. The van der Waals surface area contributed by atoms with Gasteiger partial charge in [-0.3, -0.25) is 8.32 Å². The van der Waals surface area contributed by atoms with Gasteiger partial charge in [0.15, 0.2) is 3.79 Å². The maximum absolute atomic E-state index is 10.8. The molecule has 0 atom stereocenters. The Morgan fingerprint density at radius 2 is 1.92 bits per heavy atom. The SMILES string of the molecule is O=C(I)CC1CCC(NI)CC1. The first-order valence-electron chi connectivity index (χ1n) is 4.27. The Bertz CT molecular complexity index is 155. The molecule has 1 fully saturated rings. The molecule has 0 amide bonds. The van der Waals surface area contributed by atoms with Crippen molar-refractivity contribution < 1.29 is 4.79 Å². The molecule has 2 nitrogen and oxygen atoms in total. The van der Waals surface area contributed by atoms with Gasteiger partial charge in [0, 0.05) is 35.3 Å². The molecule has 0 heterocycles. The fourth-order valence-electron chi connectivity index (χ4n) is 1.70. The van der Waals surface area contributed by atoms with Crippen LogP contribution in [0.15, 0.2) is 0 Å². The number of carbonyl (C=O) groups is 1. The van der Waals surface area contributed by atoms with Crippen molar-refractivity contribution in [1.82, 2.24) is 3.53 Å². The molecule has 12 heavy (non-hydrogen) atoms. The smallest absolute Gasteiger partial charge is 0.192 e. The molecule has 1 rings (SSSR count). The van der Waals surface area contributed by atoms with Crippen LogP contribution in [0.4, 0.5) is 0 Å². The minimum atomic E-state index is 0.318. The Hall–Kier alpha value is 1.09. The first-order valence-corrected chi connectivity index (χ1v) is 6.42. The van der Waals surface area contributed by atoms with E-state index in [0.29, 0.717) is 15.7 Å². The van der Waals surface area contributed by atoms with E-state index in [2.05, 4.69) is 26.4 Å². The van der Waals surface area contributed by atoms with Crippen molar-refractivity contribution in [2.75, 3.05) is 0 Å². The van der Waals surface area contributed by atoms with Crippen molar-refractivity contribution in [3.8, 4) is 0 Å². The van der Waals surface area contributed by atoms with Gasteiger partial charge in [-0.1, -0.05) is 0 Å². The lowest BCUT2D eigenvalue weighted by Gasteiger charge is -2.26. The zero-order valence-electron chi connectivity index (χ0n) is 6.85. The van der Waals surface area contributed by atoms with Gasteiger partial charge in [-0.15, -0.1) is 0 Å². The molecular weight excluding hydrogens is 380 g/mol. The normalized spacial score (nSPS) is 30.2. The lowest BCUT2D eigenvalue weighted by molar-refractivity contribution is -0.110. The average Bonchev–Trinajstić information content (AvgIpc) is 2.05. The standard InChI is InChI=1S/C8H13I2NO/c9-8(12)5-6-1-3-7(11-10)4-2-6/h6-7,11H,1-5H2. The van der Waals surface area contributed by atoms with E-state index in [-0.39, 0.29) is 0 Å². The molecule has 0 aromatic rings. The van der Waals surface area contributed by atoms with Gasteiger partial charge >= 0.3 is 0 Å². The lowest BCUT2D eigenvalue weighted by Crippen LogP contribution is -2.27. The van der Waals surface area contributed by atoms with E-state index >= 15 is 0 Å². The Labute approximate surface area is 101 Å². The fourth-order valence-corrected chi connectivity index (χ4v) is 2.95. The summed E-state index contributed by atoms with van der Waals surface area (Å²) in [7, 11) is 0. The van der Waals surface area contributed by atoms with Crippen molar-refractivity contribution in [3.63, 3.8) is 0 Å². The molecule has 1 aliphatic rings. The highest BCUT2D eigenvalue weighted by Crippen LogP contribution is 2.28. The van der Waals surface area contributed by atoms with Gasteiger partial charge in [-0.2, -0.15) is 0 Å². The first-order chi connectivity index (χ1) is 5.72. The first kappa shape index (κ1) is 11.2. The number of hydrogen-bond donors (Lipinski definition) is 1. The summed E-state index contributed by atoms with van der Waals surface area (Å²) in [5.74, 6) is 0.662. The summed E-state index contributed by atoms with van der Waals surface area (Å²) in [4.78, 5) is 10.8. The minimum absolute atomic E-state index is 0.318. The maximum atomic E-state index is 10.8. The second-order valence-electron chi connectivity index (χ2n) is 3.39. The summed E-state index contributed by atoms with van der Waals surface area (Å²) in [5, 5.41) is 0. The van der Waals surface area contributed by atoms with Crippen LogP contribution in [0, 0.1) is 5.92 Å².